The highest BCUT2D eigenvalue weighted by atomic mass is 19.4. The summed E-state index contributed by atoms with van der Waals surface area (Å²) in [5.74, 6) is -3.77. The Balaban J connectivity index is 2.70. The molecule has 1 aromatic carbocycles. The van der Waals surface area contributed by atoms with Crippen LogP contribution >= 0.6 is 0 Å². The molecule has 0 aliphatic carbocycles. The minimum absolute atomic E-state index is 0.110. The lowest BCUT2D eigenvalue weighted by atomic mass is 10.1. The van der Waals surface area contributed by atoms with Crippen molar-refractivity contribution in [2.45, 2.75) is 38.4 Å². The van der Waals surface area contributed by atoms with E-state index in [4.69, 9.17) is 5.11 Å². The van der Waals surface area contributed by atoms with Gasteiger partial charge in [-0.15, -0.1) is 0 Å². The van der Waals surface area contributed by atoms with Gasteiger partial charge in [0.05, 0.1) is 11.3 Å². The van der Waals surface area contributed by atoms with Crippen LogP contribution in [0, 0.1) is 11.6 Å². The van der Waals surface area contributed by atoms with Gasteiger partial charge in [0.25, 0.3) is 0 Å². The van der Waals surface area contributed by atoms with Crippen LogP contribution in [-0.2, 0) is 0 Å². The minimum atomic E-state index is -4.25. The number of halogens is 5. The second-order valence-corrected chi connectivity index (χ2v) is 4.67. The number of alkyl halides is 3. The maximum absolute atomic E-state index is 13.5. The molecule has 0 amide bonds. The summed E-state index contributed by atoms with van der Waals surface area (Å²) in [5, 5.41) is 11.3. The van der Waals surface area contributed by atoms with Crippen molar-refractivity contribution in [2.24, 2.45) is 0 Å². The van der Waals surface area contributed by atoms with Gasteiger partial charge in [0.15, 0.2) is 0 Å². The van der Waals surface area contributed by atoms with Gasteiger partial charge in [-0.1, -0.05) is 0 Å². The first-order valence-electron chi connectivity index (χ1n) is 6.16. The molecule has 0 aliphatic rings. The molecular weight excluding hydrogens is 297 g/mol. The van der Waals surface area contributed by atoms with Crippen molar-refractivity contribution in [2.75, 3.05) is 5.32 Å². The first-order chi connectivity index (χ1) is 9.60. The van der Waals surface area contributed by atoms with Crippen molar-refractivity contribution < 1.29 is 31.9 Å². The third-order valence-electron chi connectivity index (χ3n) is 2.79. The van der Waals surface area contributed by atoms with E-state index in [-0.39, 0.29) is 18.5 Å². The molecule has 0 aromatic heterocycles. The van der Waals surface area contributed by atoms with Crippen LogP contribution in [0.25, 0.3) is 0 Å². The van der Waals surface area contributed by atoms with Gasteiger partial charge in [0.1, 0.15) is 11.6 Å². The van der Waals surface area contributed by atoms with Gasteiger partial charge < -0.3 is 10.4 Å². The molecule has 118 valence electrons. The van der Waals surface area contributed by atoms with Crippen LogP contribution in [0.1, 0.15) is 36.5 Å². The molecule has 3 nitrogen and oxygen atoms in total. The Morgan fingerprint density at radius 1 is 1.29 bits per heavy atom. The highest BCUT2D eigenvalue weighted by Crippen LogP contribution is 2.24. The van der Waals surface area contributed by atoms with Gasteiger partial charge in [-0.25, -0.2) is 13.6 Å². The second kappa shape index (κ2) is 6.73. The van der Waals surface area contributed by atoms with Crippen LogP contribution in [0.5, 0.6) is 0 Å². The van der Waals surface area contributed by atoms with E-state index in [0.29, 0.717) is 6.07 Å². The number of carboxylic acids is 1. The number of rotatable bonds is 6. The van der Waals surface area contributed by atoms with E-state index < -0.39 is 41.8 Å². The van der Waals surface area contributed by atoms with Gasteiger partial charge in [0, 0.05) is 18.5 Å². The van der Waals surface area contributed by atoms with E-state index >= 15 is 0 Å². The predicted octanol–water partition coefficient (Wildman–Crippen LogP) is 4.20. The molecule has 21 heavy (non-hydrogen) atoms. The highest BCUT2D eigenvalue weighted by Gasteiger charge is 2.26. The van der Waals surface area contributed by atoms with E-state index in [1.165, 1.54) is 6.92 Å². The largest absolute Gasteiger partial charge is 0.478 e. The number of benzene rings is 1. The van der Waals surface area contributed by atoms with E-state index in [1.54, 1.807) is 0 Å². The Hall–Kier alpha value is -1.86. The quantitative estimate of drug-likeness (QED) is 0.774. The van der Waals surface area contributed by atoms with Crippen LogP contribution in [0.15, 0.2) is 12.1 Å². The Kier molecular flexibility index (Phi) is 5.51. The molecular formula is C13H14F5NO2. The van der Waals surface area contributed by atoms with E-state index in [2.05, 4.69) is 5.32 Å². The summed E-state index contributed by atoms with van der Waals surface area (Å²) in [4.78, 5) is 10.7. The average molecular weight is 311 g/mol. The lowest BCUT2D eigenvalue weighted by molar-refractivity contribution is -0.135. The highest BCUT2D eigenvalue weighted by molar-refractivity contribution is 5.89. The van der Waals surface area contributed by atoms with Crippen LogP contribution < -0.4 is 5.32 Å². The first-order valence-corrected chi connectivity index (χ1v) is 6.16. The maximum atomic E-state index is 13.5. The molecule has 8 heteroatoms. The molecule has 0 heterocycles. The number of carboxylic acid groups (broad SMARTS) is 1. The summed E-state index contributed by atoms with van der Waals surface area (Å²) in [7, 11) is 0. The summed E-state index contributed by atoms with van der Waals surface area (Å²) >= 11 is 0. The lowest BCUT2D eigenvalue weighted by Gasteiger charge is -2.17. The smallest absolute Gasteiger partial charge is 0.389 e. The van der Waals surface area contributed by atoms with Crippen molar-refractivity contribution in [3.63, 3.8) is 0 Å². The molecule has 0 bridgehead atoms. The molecule has 0 fully saturated rings. The standard InChI is InChI=1S/C13H14F5NO2/c1-7(3-2-4-13(16,17)18)19-11-5-8(12(20)21)9(14)6-10(11)15/h5-7,19H,2-4H2,1H3,(H,20,21). The average Bonchev–Trinajstić information content (AvgIpc) is 2.30. The van der Waals surface area contributed by atoms with Gasteiger partial charge in [-0.3, -0.25) is 0 Å². The van der Waals surface area contributed by atoms with Crippen molar-refractivity contribution in [3.05, 3.63) is 29.3 Å². The van der Waals surface area contributed by atoms with Gasteiger partial charge in [0.2, 0.25) is 0 Å². The topological polar surface area (TPSA) is 49.3 Å². The fraction of sp³-hybridized carbons (Fsp3) is 0.462. The number of hydrogen-bond acceptors (Lipinski definition) is 2. The zero-order valence-electron chi connectivity index (χ0n) is 11.1. The molecule has 2 N–H and O–H groups in total. The Morgan fingerprint density at radius 3 is 2.43 bits per heavy atom. The SMILES string of the molecule is CC(CCCC(F)(F)F)Nc1cc(C(=O)O)c(F)cc1F. The van der Waals surface area contributed by atoms with E-state index in [1.807, 2.05) is 0 Å². The molecule has 1 rings (SSSR count). The summed E-state index contributed by atoms with van der Waals surface area (Å²) in [6.45, 7) is 1.53. The zero-order chi connectivity index (χ0) is 16.2. The van der Waals surface area contributed by atoms with E-state index in [9.17, 15) is 26.7 Å². The number of hydrogen-bond donors (Lipinski definition) is 2. The van der Waals surface area contributed by atoms with Crippen molar-refractivity contribution in [1.29, 1.82) is 0 Å². The molecule has 0 spiro atoms. The summed E-state index contributed by atoms with van der Waals surface area (Å²) in [6.07, 6.45) is -5.24. The summed E-state index contributed by atoms with van der Waals surface area (Å²) < 4.78 is 62.7. The number of nitrogens with one attached hydrogen (secondary N) is 1. The molecule has 0 saturated heterocycles. The van der Waals surface area contributed by atoms with Gasteiger partial charge >= 0.3 is 12.1 Å². The third kappa shape index (κ3) is 5.57. The fourth-order valence-corrected chi connectivity index (χ4v) is 1.77. The summed E-state index contributed by atoms with van der Waals surface area (Å²) in [5.41, 5.74) is -0.963. The molecule has 0 aliphatic heterocycles. The van der Waals surface area contributed by atoms with Crippen molar-refractivity contribution in [3.8, 4) is 0 Å². The minimum Gasteiger partial charge on any atom is -0.478 e. The van der Waals surface area contributed by atoms with Crippen LogP contribution in [0.3, 0.4) is 0 Å². The number of carbonyl (C=O) groups is 1. The van der Waals surface area contributed by atoms with Gasteiger partial charge in [-0.05, 0) is 25.8 Å². The zero-order valence-corrected chi connectivity index (χ0v) is 11.1. The first kappa shape index (κ1) is 17.2. The number of anilines is 1. The number of aromatic carboxylic acids is 1. The lowest BCUT2D eigenvalue weighted by Crippen LogP contribution is -2.18. The van der Waals surface area contributed by atoms with Crippen LogP contribution in [-0.4, -0.2) is 23.3 Å². The Morgan fingerprint density at radius 2 is 1.90 bits per heavy atom. The maximum Gasteiger partial charge on any atom is 0.389 e. The Bertz CT molecular complexity index is 516. The van der Waals surface area contributed by atoms with Gasteiger partial charge in [-0.2, -0.15) is 13.2 Å². The summed E-state index contributed by atoms with van der Waals surface area (Å²) in [6, 6.07) is 0.690. The Labute approximate surface area is 117 Å². The molecule has 0 saturated carbocycles. The van der Waals surface area contributed by atoms with Crippen molar-refractivity contribution in [1.82, 2.24) is 0 Å². The predicted molar refractivity (Wildman–Crippen MR) is 66.3 cm³/mol. The second-order valence-electron chi connectivity index (χ2n) is 4.67. The van der Waals surface area contributed by atoms with Crippen molar-refractivity contribution >= 4 is 11.7 Å². The molecule has 1 atom stereocenters. The molecule has 1 aromatic rings. The molecule has 1 unspecified atom stereocenters. The fourth-order valence-electron chi connectivity index (χ4n) is 1.77. The van der Waals surface area contributed by atoms with Crippen LogP contribution in [0.4, 0.5) is 27.6 Å². The normalized spacial score (nSPS) is 13.0. The molecule has 0 radical (unpaired) electrons. The van der Waals surface area contributed by atoms with E-state index in [0.717, 1.165) is 6.07 Å². The third-order valence-corrected chi connectivity index (χ3v) is 2.79. The van der Waals surface area contributed by atoms with Crippen LogP contribution in [0.2, 0.25) is 0 Å². The monoisotopic (exact) mass is 311 g/mol.